The van der Waals surface area contributed by atoms with Crippen LogP contribution in [0, 0.1) is 0 Å². The van der Waals surface area contributed by atoms with E-state index in [-0.39, 0.29) is 5.91 Å². The average Bonchev–Trinajstić information content (AvgIpc) is 3.24. The van der Waals surface area contributed by atoms with E-state index in [1.54, 1.807) is 7.11 Å². The van der Waals surface area contributed by atoms with Crippen LogP contribution in [-0.4, -0.2) is 34.2 Å². The monoisotopic (exact) mass is 467 g/mol. The normalized spacial score (nSPS) is 11.6. The molecule has 0 saturated carbocycles. The van der Waals surface area contributed by atoms with Crippen molar-refractivity contribution in [2.24, 2.45) is 5.73 Å². The molecule has 0 fully saturated rings. The van der Waals surface area contributed by atoms with E-state index in [0.29, 0.717) is 24.4 Å². The number of rotatable bonds is 9. The Bertz CT molecular complexity index is 1540. The van der Waals surface area contributed by atoms with Crippen LogP contribution in [0.4, 0.5) is 5.82 Å². The van der Waals surface area contributed by atoms with Gasteiger partial charge in [0, 0.05) is 31.0 Å². The number of ether oxygens (including phenoxy) is 1. The van der Waals surface area contributed by atoms with Gasteiger partial charge in [-0.2, -0.15) is 0 Å². The highest BCUT2D eigenvalue weighted by molar-refractivity contribution is 6.06. The molecule has 0 radical (unpaired) electrons. The molecule has 0 aliphatic carbocycles. The molecule has 0 saturated heterocycles. The van der Waals surface area contributed by atoms with Gasteiger partial charge in [-0.25, -0.2) is 9.97 Å². The van der Waals surface area contributed by atoms with Crippen LogP contribution in [0.1, 0.15) is 34.6 Å². The van der Waals surface area contributed by atoms with Crippen molar-refractivity contribution in [2.45, 2.75) is 32.2 Å². The van der Waals surface area contributed by atoms with Crippen LogP contribution in [0.5, 0.6) is 0 Å². The van der Waals surface area contributed by atoms with Crippen LogP contribution >= 0.6 is 0 Å². The molecule has 2 heterocycles. The van der Waals surface area contributed by atoms with E-state index in [0.717, 1.165) is 69.9 Å². The fraction of sp³-hybridized carbons (Fsp3) is 0.250. The zero-order chi connectivity index (χ0) is 24.4. The number of nitrogens with zero attached hydrogens (tertiary/aromatic N) is 3. The minimum absolute atomic E-state index is 0.386. The van der Waals surface area contributed by atoms with Gasteiger partial charge in [0.1, 0.15) is 11.3 Å². The summed E-state index contributed by atoms with van der Waals surface area (Å²) >= 11 is 0. The first kappa shape index (κ1) is 22.8. The summed E-state index contributed by atoms with van der Waals surface area (Å²) in [4.78, 5) is 21.5. The first-order valence-electron chi connectivity index (χ1n) is 11.9. The number of aromatic nitrogens is 3. The lowest BCUT2D eigenvalue weighted by Crippen LogP contribution is -2.14. The van der Waals surface area contributed by atoms with E-state index >= 15 is 0 Å². The predicted molar refractivity (Wildman–Crippen MR) is 140 cm³/mol. The van der Waals surface area contributed by atoms with Gasteiger partial charge in [0.15, 0.2) is 5.82 Å². The van der Waals surface area contributed by atoms with Crippen molar-refractivity contribution in [3.63, 3.8) is 0 Å². The number of imidazole rings is 1. The lowest BCUT2D eigenvalue weighted by molar-refractivity contribution is 0.0999. The molecule has 4 N–H and O–H groups in total. The molecular formula is C28H29N5O2. The number of amides is 1. The Morgan fingerprint density at radius 2 is 1.71 bits per heavy atom. The second-order valence-electron chi connectivity index (χ2n) is 8.77. The molecule has 0 unspecified atom stereocenters. The average molecular weight is 468 g/mol. The molecule has 2 aromatic heterocycles. The van der Waals surface area contributed by atoms with Crippen LogP contribution in [0.2, 0.25) is 0 Å². The number of fused-ring (bicyclic) bond motifs is 4. The van der Waals surface area contributed by atoms with Crippen molar-refractivity contribution in [3.05, 3.63) is 77.6 Å². The first-order valence-corrected chi connectivity index (χ1v) is 11.9. The van der Waals surface area contributed by atoms with E-state index < -0.39 is 0 Å². The molecule has 1 amide bonds. The Morgan fingerprint density at radius 3 is 2.51 bits per heavy atom. The number of aryl methyl sites for hydroxylation is 2. The summed E-state index contributed by atoms with van der Waals surface area (Å²) in [5.41, 5.74) is 16.2. The third-order valence-corrected chi connectivity index (χ3v) is 6.58. The quantitative estimate of drug-likeness (QED) is 0.307. The summed E-state index contributed by atoms with van der Waals surface area (Å²) in [7, 11) is 1.69. The van der Waals surface area contributed by atoms with Crippen molar-refractivity contribution in [1.29, 1.82) is 0 Å². The number of pyridine rings is 1. The van der Waals surface area contributed by atoms with E-state index in [1.807, 2.05) is 42.5 Å². The maximum Gasteiger partial charge on any atom is 0.248 e. The zero-order valence-electron chi connectivity index (χ0n) is 19.8. The molecular weight excluding hydrogens is 438 g/mol. The van der Waals surface area contributed by atoms with Gasteiger partial charge in [0.05, 0.1) is 17.6 Å². The predicted octanol–water partition coefficient (Wildman–Crippen LogP) is 4.63. The molecule has 0 spiro atoms. The second kappa shape index (κ2) is 9.72. The van der Waals surface area contributed by atoms with Crippen LogP contribution < -0.4 is 11.5 Å². The van der Waals surface area contributed by atoms with Crippen molar-refractivity contribution in [2.75, 3.05) is 19.5 Å². The van der Waals surface area contributed by atoms with Crippen LogP contribution in [-0.2, 0) is 24.1 Å². The minimum Gasteiger partial charge on any atom is -0.384 e. The maximum absolute atomic E-state index is 12.1. The maximum atomic E-state index is 12.1. The number of carbonyl (C=O) groups excluding carboxylic acids is 1. The molecule has 0 bridgehead atoms. The van der Waals surface area contributed by atoms with Crippen LogP contribution in [0.25, 0.3) is 32.7 Å². The number of nitrogen functional groups attached to an aromatic ring is 1. The molecule has 3 aromatic carbocycles. The summed E-state index contributed by atoms with van der Waals surface area (Å²) in [6, 6.07) is 20.0. The molecule has 0 aliphatic rings. The fourth-order valence-corrected chi connectivity index (χ4v) is 4.94. The summed E-state index contributed by atoms with van der Waals surface area (Å²) in [5, 5.41) is 3.24. The minimum atomic E-state index is -0.386. The Kier molecular flexibility index (Phi) is 6.33. The molecule has 35 heavy (non-hydrogen) atoms. The topological polar surface area (TPSA) is 109 Å². The summed E-state index contributed by atoms with van der Waals surface area (Å²) in [6.07, 6.45) is 3.26. The number of methoxy groups -OCH3 is 1. The number of primary amides is 1. The molecule has 0 atom stereocenters. The fourth-order valence-electron chi connectivity index (χ4n) is 4.94. The Hall–Kier alpha value is -3.97. The number of para-hydroxylation sites is 1. The number of anilines is 1. The summed E-state index contributed by atoms with van der Waals surface area (Å²) in [5.74, 6) is 0.996. The SMILES string of the molecule is COCCc1nc2c(N)nc3ccccc3c2n1CCCCc1c(C(N)=O)ccc2ccccc12. The third-order valence-electron chi connectivity index (χ3n) is 6.58. The van der Waals surface area contributed by atoms with E-state index in [9.17, 15) is 4.79 Å². The first-order chi connectivity index (χ1) is 17.1. The molecule has 5 aromatic rings. The second-order valence-corrected chi connectivity index (χ2v) is 8.77. The third kappa shape index (κ3) is 4.31. The van der Waals surface area contributed by atoms with Crippen molar-refractivity contribution >= 4 is 44.4 Å². The highest BCUT2D eigenvalue weighted by Gasteiger charge is 2.17. The van der Waals surface area contributed by atoms with Crippen molar-refractivity contribution in [3.8, 4) is 0 Å². The lowest BCUT2D eigenvalue weighted by atomic mass is 9.94. The number of carbonyl (C=O) groups is 1. The smallest absolute Gasteiger partial charge is 0.248 e. The lowest BCUT2D eigenvalue weighted by Gasteiger charge is -2.13. The molecule has 7 nitrogen and oxygen atoms in total. The Labute approximate surface area is 203 Å². The molecule has 0 aliphatic heterocycles. The van der Waals surface area contributed by atoms with Gasteiger partial charge in [0.25, 0.3) is 0 Å². The largest absolute Gasteiger partial charge is 0.384 e. The van der Waals surface area contributed by atoms with Gasteiger partial charge in [-0.15, -0.1) is 0 Å². The summed E-state index contributed by atoms with van der Waals surface area (Å²) < 4.78 is 7.59. The Balaban J connectivity index is 1.46. The van der Waals surface area contributed by atoms with Gasteiger partial charge in [-0.1, -0.05) is 48.5 Å². The highest BCUT2D eigenvalue weighted by atomic mass is 16.5. The van der Waals surface area contributed by atoms with E-state index in [4.69, 9.17) is 21.2 Å². The number of benzene rings is 3. The number of nitrogens with two attached hydrogens (primary N) is 2. The number of unbranched alkanes of at least 4 members (excludes halogenated alkanes) is 1. The molecule has 7 heteroatoms. The van der Waals surface area contributed by atoms with Crippen LogP contribution in [0.15, 0.2) is 60.7 Å². The van der Waals surface area contributed by atoms with Crippen LogP contribution in [0.3, 0.4) is 0 Å². The number of hydrogen-bond acceptors (Lipinski definition) is 5. The van der Waals surface area contributed by atoms with Gasteiger partial charge in [-0.3, -0.25) is 4.79 Å². The van der Waals surface area contributed by atoms with Gasteiger partial charge < -0.3 is 20.8 Å². The Morgan fingerprint density at radius 1 is 0.943 bits per heavy atom. The van der Waals surface area contributed by atoms with Gasteiger partial charge in [0.2, 0.25) is 5.91 Å². The van der Waals surface area contributed by atoms with Crippen molar-refractivity contribution in [1.82, 2.24) is 14.5 Å². The van der Waals surface area contributed by atoms with E-state index in [1.165, 1.54) is 0 Å². The van der Waals surface area contributed by atoms with Crippen molar-refractivity contribution < 1.29 is 9.53 Å². The number of hydrogen-bond donors (Lipinski definition) is 2. The standard InChI is InChI=1S/C28H29N5O2/c1-35-17-15-24-32-25-26(22-11-4-5-12-23(22)31-27(25)29)33(24)16-7-6-10-20-19-9-3-2-8-18(19)13-14-21(20)28(30)34/h2-5,8-9,11-14H,6-7,10,15-17H2,1H3,(H2,29,31)(H2,30,34). The van der Waals surface area contributed by atoms with Gasteiger partial charge in [-0.05, 0) is 47.7 Å². The molecule has 178 valence electrons. The van der Waals surface area contributed by atoms with E-state index in [2.05, 4.69) is 27.8 Å². The summed E-state index contributed by atoms with van der Waals surface area (Å²) in [6.45, 7) is 1.35. The highest BCUT2D eigenvalue weighted by Crippen LogP contribution is 2.30. The zero-order valence-corrected chi connectivity index (χ0v) is 19.8. The molecule has 5 rings (SSSR count). The van der Waals surface area contributed by atoms with Gasteiger partial charge >= 0.3 is 0 Å².